The second-order valence-electron chi connectivity index (χ2n) is 7.20. The Morgan fingerprint density at radius 3 is 2.39 bits per heavy atom. The number of halogens is 1. The zero-order valence-electron chi connectivity index (χ0n) is 17.5. The van der Waals surface area contributed by atoms with Gasteiger partial charge < -0.3 is 15.4 Å². The Morgan fingerprint density at radius 2 is 1.65 bits per heavy atom. The summed E-state index contributed by atoms with van der Waals surface area (Å²) in [4.78, 5) is 25.7. The fraction of sp³-hybridized carbons (Fsp3) is 0.200. The molecule has 160 valence electrons. The van der Waals surface area contributed by atoms with E-state index in [1.807, 2.05) is 44.2 Å². The van der Waals surface area contributed by atoms with Crippen LogP contribution in [0, 0.1) is 0 Å². The van der Waals surface area contributed by atoms with Crippen molar-refractivity contribution in [2.24, 2.45) is 0 Å². The summed E-state index contributed by atoms with van der Waals surface area (Å²) in [5.41, 5.74) is 2.09. The highest BCUT2D eigenvalue weighted by atomic mass is 35.5. The van der Waals surface area contributed by atoms with Crippen molar-refractivity contribution >= 4 is 29.1 Å². The third-order valence-electron chi connectivity index (χ3n) is 4.83. The molecule has 0 bridgehead atoms. The first-order valence-electron chi connectivity index (χ1n) is 10.2. The molecule has 0 aromatic heterocycles. The summed E-state index contributed by atoms with van der Waals surface area (Å²) < 4.78 is 5.88. The zero-order chi connectivity index (χ0) is 22.2. The molecular formula is C25H25ClN2O3. The van der Waals surface area contributed by atoms with Gasteiger partial charge in [-0.1, -0.05) is 61.0 Å². The van der Waals surface area contributed by atoms with E-state index in [2.05, 4.69) is 10.6 Å². The summed E-state index contributed by atoms with van der Waals surface area (Å²) in [5, 5.41) is 6.17. The number of ether oxygens (including phenoxy) is 1. The van der Waals surface area contributed by atoms with Crippen LogP contribution in [0.4, 0.5) is 5.69 Å². The van der Waals surface area contributed by atoms with Gasteiger partial charge in [-0.05, 0) is 49.2 Å². The van der Waals surface area contributed by atoms with Crippen LogP contribution in [-0.2, 0) is 6.61 Å². The summed E-state index contributed by atoms with van der Waals surface area (Å²) in [6.45, 7) is 4.24. The molecule has 31 heavy (non-hydrogen) atoms. The van der Waals surface area contributed by atoms with Crippen molar-refractivity contribution in [3.8, 4) is 5.75 Å². The Hall–Kier alpha value is -3.31. The van der Waals surface area contributed by atoms with Gasteiger partial charge in [0.25, 0.3) is 11.8 Å². The van der Waals surface area contributed by atoms with E-state index in [1.54, 1.807) is 42.5 Å². The van der Waals surface area contributed by atoms with Gasteiger partial charge in [0, 0.05) is 11.1 Å². The molecule has 2 amide bonds. The maximum atomic E-state index is 13.1. The smallest absolute Gasteiger partial charge is 0.259 e. The number of amides is 2. The van der Waals surface area contributed by atoms with Crippen LogP contribution in [0.5, 0.6) is 5.75 Å². The largest absolute Gasteiger partial charge is 0.488 e. The molecule has 0 radical (unpaired) electrons. The Kier molecular flexibility index (Phi) is 7.68. The van der Waals surface area contributed by atoms with Gasteiger partial charge in [0.1, 0.15) is 12.4 Å². The minimum Gasteiger partial charge on any atom is -0.488 e. The van der Waals surface area contributed by atoms with E-state index in [9.17, 15) is 9.59 Å². The monoisotopic (exact) mass is 436 g/mol. The number of hydrogen-bond donors (Lipinski definition) is 2. The van der Waals surface area contributed by atoms with Crippen molar-refractivity contribution in [3.63, 3.8) is 0 Å². The van der Waals surface area contributed by atoms with Crippen molar-refractivity contribution in [2.45, 2.75) is 32.9 Å². The number of benzene rings is 3. The highest BCUT2D eigenvalue weighted by Crippen LogP contribution is 2.26. The fourth-order valence-electron chi connectivity index (χ4n) is 2.92. The van der Waals surface area contributed by atoms with Gasteiger partial charge in [0.2, 0.25) is 0 Å². The van der Waals surface area contributed by atoms with E-state index in [1.165, 1.54) is 0 Å². The van der Waals surface area contributed by atoms with Crippen molar-refractivity contribution in [1.82, 2.24) is 5.32 Å². The van der Waals surface area contributed by atoms with E-state index in [4.69, 9.17) is 16.3 Å². The molecule has 3 aromatic rings. The Bertz CT molecular complexity index is 1050. The first-order chi connectivity index (χ1) is 15.0. The van der Waals surface area contributed by atoms with Crippen molar-refractivity contribution in [2.75, 3.05) is 5.32 Å². The second kappa shape index (κ2) is 10.6. The van der Waals surface area contributed by atoms with Crippen molar-refractivity contribution in [3.05, 3.63) is 94.5 Å². The van der Waals surface area contributed by atoms with Gasteiger partial charge >= 0.3 is 0 Å². The maximum absolute atomic E-state index is 13.1. The molecule has 0 aliphatic carbocycles. The van der Waals surface area contributed by atoms with Gasteiger partial charge in [-0.2, -0.15) is 0 Å². The lowest BCUT2D eigenvalue weighted by Gasteiger charge is -2.16. The lowest BCUT2D eigenvalue weighted by Crippen LogP contribution is -2.32. The third-order valence-corrected chi connectivity index (χ3v) is 5.07. The molecule has 3 aromatic carbocycles. The van der Waals surface area contributed by atoms with Gasteiger partial charge in [0.15, 0.2) is 0 Å². The molecule has 0 aliphatic heterocycles. The van der Waals surface area contributed by atoms with Crippen molar-refractivity contribution < 1.29 is 14.3 Å². The number of carbonyl (C=O) groups excluding carboxylic acids is 2. The number of anilines is 1. The Morgan fingerprint density at radius 1 is 0.935 bits per heavy atom. The number of nitrogens with one attached hydrogen (secondary N) is 2. The number of hydrogen-bond acceptors (Lipinski definition) is 3. The fourth-order valence-corrected chi connectivity index (χ4v) is 3.10. The van der Waals surface area contributed by atoms with Gasteiger partial charge in [-0.15, -0.1) is 0 Å². The van der Waals surface area contributed by atoms with Gasteiger partial charge in [-0.25, -0.2) is 0 Å². The highest BCUT2D eigenvalue weighted by molar-refractivity contribution is 6.31. The summed E-state index contributed by atoms with van der Waals surface area (Å²) in [7, 11) is 0. The molecular weight excluding hydrogens is 412 g/mol. The predicted octanol–water partition coefficient (Wildman–Crippen LogP) is 5.70. The van der Waals surface area contributed by atoms with Crippen LogP contribution in [0.15, 0.2) is 72.8 Å². The van der Waals surface area contributed by atoms with Crippen LogP contribution < -0.4 is 15.4 Å². The normalized spacial score (nSPS) is 11.5. The van der Waals surface area contributed by atoms with Crippen LogP contribution in [0.1, 0.15) is 46.5 Å². The third kappa shape index (κ3) is 6.09. The zero-order valence-corrected chi connectivity index (χ0v) is 18.3. The van der Waals surface area contributed by atoms with E-state index in [0.717, 1.165) is 12.0 Å². The standard InChI is InChI=1S/C25H25ClN2O3/c1-3-17(2)27-24(29)20-11-7-8-12-22(20)28-25(30)21-15-19(26)13-14-23(21)31-16-18-9-5-4-6-10-18/h4-15,17H,3,16H2,1-2H3,(H,27,29)(H,28,30). The van der Waals surface area contributed by atoms with Crippen LogP contribution in [0.25, 0.3) is 0 Å². The second-order valence-corrected chi connectivity index (χ2v) is 7.63. The lowest BCUT2D eigenvalue weighted by molar-refractivity contribution is 0.0940. The average molecular weight is 437 g/mol. The molecule has 0 spiro atoms. The van der Waals surface area contributed by atoms with E-state index < -0.39 is 5.91 Å². The van der Waals surface area contributed by atoms with Crippen molar-refractivity contribution in [1.29, 1.82) is 0 Å². The number of carbonyl (C=O) groups is 2. The summed E-state index contributed by atoms with van der Waals surface area (Å²) in [6, 6.07) is 21.5. The molecule has 0 fully saturated rings. The number of rotatable bonds is 8. The summed E-state index contributed by atoms with van der Waals surface area (Å²) in [6.07, 6.45) is 0.810. The van der Waals surface area contributed by atoms with E-state index in [0.29, 0.717) is 34.2 Å². The minimum absolute atomic E-state index is 0.0298. The minimum atomic E-state index is -0.408. The lowest BCUT2D eigenvalue weighted by atomic mass is 10.1. The molecule has 6 heteroatoms. The molecule has 0 heterocycles. The van der Waals surface area contributed by atoms with Crippen LogP contribution >= 0.6 is 11.6 Å². The quantitative estimate of drug-likeness (QED) is 0.476. The molecule has 2 N–H and O–H groups in total. The average Bonchev–Trinajstić information content (AvgIpc) is 2.79. The molecule has 3 rings (SSSR count). The van der Waals surface area contributed by atoms with Crippen LogP contribution in [0.3, 0.4) is 0 Å². The van der Waals surface area contributed by atoms with Crippen LogP contribution in [-0.4, -0.2) is 17.9 Å². The Balaban J connectivity index is 1.81. The topological polar surface area (TPSA) is 67.4 Å². The Labute approximate surface area is 187 Å². The first kappa shape index (κ1) is 22.4. The summed E-state index contributed by atoms with van der Waals surface area (Å²) >= 11 is 6.14. The SMILES string of the molecule is CCC(C)NC(=O)c1ccccc1NC(=O)c1cc(Cl)ccc1OCc1ccccc1. The highest BCUT2D eigenvalue weighted by Gasteiger charge is 2.18. The summed E-state index contributed by atoms with van der Waals surface area (Å²) in [5.74, 6) is -0.237. The molecule has 1 unspecified atom stereocenters. The number of para-hydroxylation sites is 1. The predicted molar refractivity (Wildman–Crippen MR) is 124 cm³/mol. The van der Waals surface area contributed by atoms with E-state index >= 15 is 0 Å². The molecule has 0 saturated carbocycles. The molecule has 0 saturated heterocycles. The van der Waals surface area contributed by atoms with E-state index in [-0.39, 0.29) is 11.9 Å². The van der Waals surface area contributed by atoms with Crippen LogP contribution in [0.2, 0.25) is 5.02 Å². The maximum Gasteiger partial charge on any atom is 0.259 e. The van der Waals surface area contributed by atoms with Gasteiger partial charge in [-0.3, -0.25) is 9.59 Å². The molecule has 0 aliphatic rings. The first-order valence-corrected chi connectivity index (χ1v) is 10.5. The molecule has 5 nitrogen and oxygen atoms in total. The van der Waals surface area contributed by atoms with Gasteiger partial charge in [0.05, 0.1) is 16.8 Å². The molecule has 1 atom stereocenters.